The maximum atomic E-state index is 12.8. The average Bonchev–Trinajstić information content (AvgIpc) is 2.61. The minimum atomic E-state index is -0.365. The Morgan fingerprint density at radius 3 is 2.00 bits per heavy atom. The highest BCUT2D eigenvalue weighted by atomic mass is 79.9. The van der Waals surface area contributed by atoms with Gasteiger partial charge in [-0.3, -0.25) is 14.4 Å². The minimum absolute atomic E-state index is 0.0490. The number of rotatable bonds is 5. The van der Waals surface area contributed by atoms with Crippen molar-refractivity contribution in [2.75, 3.05) is 27.7 Å². The molecule has 130 valence electrons. The van der Waals surface area contributed by atoms with Crippen molar-refractivity contribution in [3.63, 3.8) is 0 Å². The summed E-state index contributed by atoms with van der Waals surface area (Å²) in [6.07, 6.45) is 0. The number of nitrogens with zero attached hydrogens (tertiary/aromatic N) is 2. The van der Waals surface area contributed by atoms with Crippen molar-refractivity contribution >= 4 is 33.5 Å². The zero-order chi connectivity index (χ0) is 18.6. The number of halogens is 1. The van der Waals surface area contributed by atoms with Crippen LogP contribution in [0, 0.1) is 0 Å². The fourth-order valence-electron chi connectivity index (χ4n) is 2.25. The molecule has 0 aliphatic heterocycles. The summed E-state index contributed by atoms with van der Waals surface area (Å²) in [5.41, 5.74) is 1.10. The molecule has 5 nitrogen and oxygen atoms in total. The summed E-state index contributed by atoms with van der Waals surface area (Å²) in [4.78, 5) is 40.0. The van der Waals surface area contributed by atoms with Crippen LogP contribution in [0.5, 0.6) is 0 Å². The molecule has 0 atom stereocenters. The Balaban J connectivity index is 2.31. The van der Waals surface area contributed by atoms with E-state index in [9.17, 15) is 14.4 Å². The Hall–Kier alpha value is -2.47. The van der Waals surface area contributed by atoms with E-state index in [0.717, 1.165) is 4.47 Å². The number of hydrogen-bond acceptors (Lipinski definition) is 3. The summed E-state index contributed by atoms with van der Waals surface area (Å²) >= 11 is 3.33. The molecule has 0 aliphatic carbocycles. The van der Waals surface area contributed by atoms with Gasteiger partial charge in [-0.05, 0) is 30.3 Å². The monoisotopic (exact) mass is 402 g/mol. The molecule has 0 aliphatic rings. The normalized spacial score (nSPS) is 10.2. The van der Waals surface area contributed by atoms with Crippen LogP contribution in [0.1, 0.15) is 26.3 Å². The molecule has 0 saturated heterocycles. The van der Waals surface area contributed by atoms with E-state index in [1.165, 1.54) is 9.80 Å². The smallest absolute Gasteiger partial charge is 0.254 e. The van der Waals surface area contributed by atoms with Gasteiger partial charge in [-0.2, -0.15) is 0 Å². The summed E-state index contributed by atoms with van der Waals surface area (Å²) in [5, 5.41) is 0. The van der Waals surface area contributed by atoms with Crippen LogP contribution in [0.2, 0.25) is 0 Å². The van der Waals surface area contributed by atoms with Gasteiger partial charge >= 0.3 is 0 Å². The van der Waals surface area contributed by atoms with Crippen molar-refractivity contribution in [2.45, 2.75) is 0 Å². The van der Waals surface area contributed by atoms with Crippen LogP contribution in [0.25, 0.3) is 0 Å². The summed E-state index contributed by atoms with van der Waals surface area (Å²) < 4.78 is 0.871. The Kier molecular flexibility index (Phi) is 6.09. The summed E-state index contributed by atoms with van der Waals surface area (Å²) in [6, 6.07) is 13.6. The first kappa shape index (κ1) is 18.9. The second-order valence-electron chi connectivity index (χ2n) is 5.83. The van der Waals surface area contributed by atoms with E-state index in [0.29, 0.717) is 11.1 Å². The first-order valence-corrected chi connectivity index (χ1v) is 8.45. The van der Waals surface area contributed by atoms with Gasteiger partial charge in [0, 0.05) is 36.7 Å². The molecule has 2 rings (SSSR count). The van der Waals surface area contributed by atoms with Gasteiger partial charge in [0.15, 0.2) is 5.78 Å². The maximum Gasteiger partial charge on any atom is 0.254 e. The molecule has 0 bridgehead atoms. The Labute approximate surface area is 155 Å². The van der Waals surface area contributed by atoms with Gasteiger partial charge in [-0.15, -0.1) is 0 Å². The van der Waals surface area contributed by atoms with E-state index in [2.05, 4.69) is 15.9 Å². The van der Waals surface area contributed by atoms with E-state index in [-0.39, 0.29) is 29.7 Å². The van der Waals surface area contributed by atoms with Gasteiger partial charge in [-0.1, -0.05) is 34.1 Å². The summed E-state index contributed by atoms with van der Waals surface area (Å²) in [5.74, 6) is -0.785. The van der Waals surface area contributed by atoms with Gasteiger partial charge in [0.05, 0.1) is 12.1 Å². The van der Waals surface area contributed by atoms with Crippen LogP contribution in [0.4, 0.5) is 0 Å². The highest BCUT2D eigenvalue weighted by Crippen LogP contribution is 2.18. The topological polar surface area (TPSA) is 57.7 Å². The zero-order valence-electron chi connectivity index (χ0n) is 14.3. The number of amides is 2. The van der Waals surface area contributed by atoms with Gasteiger partial charge < -0.3 is 9.80 Å². The molecule has 0 unspecified atom stereocenters. The summed E-state index contributed by atoms with van der Waals surface area (Å²) in [6.45, 7) is -0.0490. The van der Waals surface area contributed by atoms with Crippen LogP contribution < -0.4 is 0 Å². The van der Waals surface area contributed by atoms with E-state index in [4.69, 9.17) is 0 Å². The minimum Gasteiger partial charge on any atom is -0.347 e. The van der Waals surface area contributed by atoms with Gasteiger partial charge in [0.25, 0.3) is 5.91 Å². The third kappa shape index (κ3) is 4.54. The molecule has 2 aromatic carbocycles. The molecule has 0 saturated carbocycles. The molecule has 0 fully saturated rings. The van der Waals surface area contributed by atoms with Gasteiger partial charge in [0.2, 0.25) is 5.91 Å². The first-order valence-electron chi connectivity index (χ1n) is 7.66. The van der Waals surface area contributed by atoms with Crippen LogP contribution in [-0.4, -0.2) is 55.1 Å². The first-order chi connectivity index (χ1) is 11.8. The number of carbonyl (C=O) groups is 3. The van der Waals surface area contributed by atoms with Gasteiger partial charge in [-0.25, -0.2) is 0 Å². The fourth-order valence-corrected chi connectivity index (χ4v) is 2.51. The largest absolute Gasteiger partial charge is 0.347 e. The molecule has 25 heavy (non-hydrogen) atoms. The van der Waals surface area contributed by atoms with Crippen molar-refractivity contribution in [3.8, 4) is 0 Å². The Morgan fingerprint density at radius 2 is 1.44 bits per heavy atom. The number of carbonyl (C=O) groups excluding carboxylic acids is 3. The molecular formula is C19H19BrN2O3. The highest BCUT2D eigenvalue weighted by molar-refractivity contribution is 9.10. The lowest BCUT2D eigenvalue weighted by molar-refractivity contribution is -0.129. The lowest BCUT2D eigenvalue weighted by Gasteiger charge is -2.20. The molecule has 0 aromatic heterocycles. The van der Waals surface area contributed by atoms with E-state index in [1.54, 1.807) is 69.7 Å². The molecule has 2 amide bonds. The van der Waals surface area contributed by atoms with E-state index in [1.807, 2.05) is 0 Å². The molecule has 0 spiro atoms. The molecule has 2 aromatic rings. The quantitative estimate of drug-likeness (QED) is 0.722. The Morgan fingerprint density at radius 1 is 0.880 bits per heavy atom. The third-order valence-corrected chi connectivity index (χ3v) is 4.26. The van der Waals surface area contributed by atoms with Gasteiger partial charge in [0.1, 0.15) is 0 Å². The van der Waals surface area contributed by atoms with Crippen molar-refractivity contribution in [1.29, 1.82) is 0 Å². The van der Waals surface area contributed by atoms with Crippen LogP contribution >= 0.6 is 15.9 Å². The predicted molar refractivity (Wildman–Crippen MR) is 99.7 cm³/mol. The lowest BCUT2D eigenvalue weighted by Crippen LogP contribution is -2.38. The molecule has 0 N–H and O–H groups in total. The SMILES string of the molecule is CN(C)C(=O)CN(C)C(=O)c1ccccc1C(=O)c1ccc(Br)cc1. The molecule has 6 heteroatoms. The number of hydrogen-bond donors (Lipinski definition) is 0. The highest BCUT2D eigenvalue weighted by Gasteiger charge is 2.22. The molecule has 0 heterocycles. The molecular weight excluding hydrogens is 384 g/mol. The third-order valence-electron chi connectivity index (χ3n) is 3.73. The van der Waals surface area contributed by atoms with Crippen LogP contribution in [0.15, 0.2) is 53.0 Å². The van der Waals surface area contributed by atoms with Crippen molar-refractivity contribution < 1.29 is 14.4 Å². The maximum absolute atomic E-state index is 12.8. The number of likely N-dealkylation sites (N-methyl/N-ethyl adjacent to an activating group) is 2. The average molecular weight is 403 g/mol. The second kappa shape index (κ2) is 8.07. The van der Waals surface area contributed by atoms with E-state index < -0.39 is 0 Å². The van der Waals surface area contributed by atoms with Crippen LogP contribution in [-0.2, 0) is 4.79 Å². The second-order valence-corrected chi connectivity index (χ2v) is 6.75. The van der Waals surface area contributed by atoms with E-state index >= 15 is 0 Å². The number of benzene rings is 2. The standard InChI is InChI=1S/C19H19BrN2O3/c1-21(2)17(23)12-22(3)19(25)16-7-5-4-6-15(16)18(24)13-8-10-14(20)11-9-13/h4-11H,12H2,1-3H3. The predicted octanol–water partition coefficient (Wildman–Crippen LogP) is 2.84. The number of ketones is 1. The fraction of sp³-hybridized carbons (Fsp3) is 0.211. The Bertz CT molecular complexity index is 801. The molecule has 0 radical (unpaired) electrons. The van der Waals surface area contributed by atoms with Crippen LogP contribution in [0.3, 0.4) is 0 Å². The van der Waals surface area contributed by atoms with Crippen molar-refractivity contribution in [2.24, 2.45) is 0 Å². The lowest BCUT2D eigenvalue weighted by atomic mass is 9.97. The van der Waals surface area contributed by atoms with Crippen molar-refractivity contribution in [3.05, 3.63) is 69.7 Å². The summed E-state index contributed by atoms with van der Waals surface area (Å²) in [7, 11) is 4.81. The van der Waals surface area contributed by atoms with Crippen molar-refractivity contribution in [1.82, 2.24) is 9.80 Å². The zero-order valence-corrected chi connectivity index (χ0v) is 15.9.